The van der Waals surface area contributed by atoms with Gasteiger partial charge in [-0.25, -0.2) is 0 Å². The molecule has 20 heavy (non-hydrogen) atoms. The maximum Gasteiger partial charge on any atom is 0.416 e. The molecule has 1 fully saturated rings. The summed E-state index contributed by atoms with van der Waals surface area (Å²) in [5.74, 6) is 0. The van der Waals surface area contributed by atoms with E-state index >= 15 is 0 Å². The van der Waals surface area contributed by atoms with E-state index in [1.807, 2.05) is 12.2 Å². The molecule has 0 atom stereocenters. The lowest BCUT2D eigenvalue weighted by molar-refractivity contribution is -0.137. The highest BCUT2D eigenvalue weighted by molar-refractivity contribution is 5.50. The lowest BCUT2D eigenvalue weighted by Crippen LogP contribution is -2.44. The second-order valence-corrected chi connectivity index (χ2v) is 5.13. The lowest BCUT2D eigenvalue weighted by atomic mass is 10.1. The number of hydrogen-bond acceptors (Lipinski definition) is 2. The molecule has 0 aliphatic carbocycles. The number of nitrogens with zero attached hydrogens (tertiary/aromatic N) is 2. The zero-order chi connectivity index (χ0) is 14.6. The van der Waals surface area contributed by atoms with Gasteiger partial charge in [-0.15, -0.1) is 0 Å². The van der Waals surface area contributed by atoms with Gasteiger partial charge in [0.1, 0.15) is 0 Å². The van der Waals surface area contributed by atoms with Crippen LogP contribution in [0.5, 0.6) is 0 Å². The summed E-state index contributed by atoms with van der Waals surface area (Å²) >= 11 is 0. The highest BCUT2D eigenvalue weighted by Crippen LogP contribution is 2.29. The maximum atomic E-state index is 12.4. The summed E-state index contributed by atoms with van der Waals surface area (Å²) in [4.78, 5) is 4.62. The summed E-state index contributed by atoms with van der Waals surface area (Å²) in [7, 11) is 2.11. The molecule has 2 rings (SSSR count). The summed E-state index contributed by atoms with van der Waals surface area (Å²) in [6.45, 7) is 5.04. The van der Waals surface area contributed by atoms with Crippen LogP contribution in [0, 0.1) is 0 Å². The van der Waals surface area contributed by atoms with Crippen LogP contribution in [0.1, 0.15) is 11.1 Å². The van der Waals surface area contributed by atoms with E-state index < -0.39 is 11.7 Å². The first-order valence-corrected chi connectivity index (χ1v) is 6.70. The minimum absolute atomic E-state index is 0.603. The van der Waals surface area contributed by atoms with Gasteiger partial charge in [-0.3, -0.25) is 4.90 Å². The van der Waals surface area contributed by atoms with Crippen molar-refractivity contribution in [3.63, 3.8) is 0 Å². The van der Waals surface area contributed by atoms with Crippen LogP contribution in [0.2, 0.25) is 0 Å². The van der Waals surface area contributed by atoms with Crippen LogP contribution in [0.15, 0.2) is 30.3 Å². The first-order valence-electron chi connectivity index (χ1n) is 6.70. The van der Waals surface area contributed by atoms with Crippen molar-refractivity contribution in [1.82, 2.24) is 9.80 Å². The predicted molar refractivity (Wildman–Crippen MR) is 74.4 cm³/mol. The number of piperazine rings is 1. The van der Waals surface area contributed by atoms with E-state index in [1.165, 1.54) is 12.1 Å². The molecule has 1 aliphatic heterocycles. The standard InChI is InChI=1S/C15H19F3N2/c1-19-9-11-20(12-10-19)8-2-3-13-4-6-14(7-5-13)15(16,17)18/h2-7H,8-12H2,1H3. The Morgan fingerprint density at radius 3 is 2.20 bits per heavy atom. The molecule has 0 saturated carbocycles. The molecule has 5 heteroatoms. The molecule has 110 valence electrons. The third-order valence-electron chi connectivity index (χ3n) is 3.51. The lowest BCUT2D eigenvalue weighted by Gasteiger charge is -2.31. The van der Waals surface area contributed by atoms with Crippen molar-refractivity contribution in [2.45, 2.75) is 6.18 Å². The van der Waals surface area contributed by atoms with Gasteiger partial charge in [-0.1, -0.05) is 24.3 Å². The molecule has 0 N–H and O–H groups in total. The number of benzene rings is 1. The molecule has 0 amide bonds. The normalized spacial score (nSPS) is 18.8. The number of hydrogen-bond donors (Lipinski definition) is 0. The van der Waals surface area contributed by atoms with Crippen molar-refractivity contribution >= 4 is 6.08 Å². The van der Waals surface area contributed by atoms with Crippen LogP contribution in [-0.2, 0) is 6.18 Å². The molecule has 1 aromatic carbocycles. The molecule has 0 spiro atoms. The molecular formula is C15H19F3N2. The summed E-state index contributed by atoms with van der Waals surface area (Å²) in [6, 6.07) is 5.25. The summed E-state index contributed by atoms with van der Waals surface area (Å²) in [5.41, 5.74) is 0.195. The third kappa shape index (κ3) is 4.35. The van der Waals surface area contributed by atoms with Crippen LogP contribution < -0.4 is 0 Å². The van der Waals surface area contributed by atoms with Crippen LogP contribution in [0.4, 0.5) is 13.2 Å². The van der Waals surface area contributed by atoms with Crippen molar-refractivity contribution in [1.29, 1.82) is 0 Å². The number of likely N-dealkylation sites (N-methyl/N-ethyl adjacent to an activating group) is 1. The second-order valence-electron chi connectivity index (χ2n) is 5.13. The number of rotatable bonds is 3. The highest BCUT2D eigenvalue weighted by Gasteiger charge is 2.29. The fourth-order valence-corrected chi connectivity index (χ4v) is 2.15. The Labute approximate surface area is 117 Å². The molecule has 1 aromatic rings. The van der Waals surface area contributed by atoms with Crippen molar-refractivity contribution < 1.29 is 13.2 Å². The van der Waals surface area contributed by atoms with Crippen molar-refractivity contribution in [2.24, 2.45) is 0 Å². The molecule has 0 radical (unpaired) electrons. The molecular weight excluding hydrogens is 265 g/mol. The Hall–Kier alpha value is -1.33. The van der Waals surface area contributed by atoms with E-state index in [0.29, 0.717) is 0 Å². The Kier molecular flexibility index (Phi) is 4.83. The van der Waals surface area contributed by atoms with Gasteiger partial charge in [-0.2, -0.15) is 13.2 Å². The van der Waals surface area contributed by atoms with E-state index in [-0.39, 0.29) is 0 Å². The topological polar surface area (TPSA) is 6.48 Å². The van der Waals surface area contributed by atoms with E-state index in [9.17, 15) is 13.2 Å². The molecule has 0 aromatic heterocycles. The van der Waals surface area contributed by atoms with Gasteiger partial charge in [0.15, 0.2) is 0 Å². The van der Waals surface area contributed by atoms with Crippen molar-refractivity contribution in [3.05, 3.63) is 41.5 Å². The van der Waals surface area contributed by atoms with E-state index in [4.69, 9.17) is 0 Å². The van der Waals surface area contributed by atoms with E-state index in [2.05, 4.69) is 16.8 Å². The zero-order valence-electron chi connectivity index (χ0n) is 11.5. The van der Waals surface area contributed by atoms with Gasteiger partial charge in [0.2, 0.25) is 0 Å². The third-order valence-corrected chi connectivity index (χ3v) is 3.51. The van der Waals surface area contributed by atoms with Gasteiger partial charge in [0, 0.05) is 32.7 Å². The number of halogens is 3. The Balaban J connectivity index is 1.85. The first-order chi connectivity index (χ1) is 9.45. The number of alkyl halides is 3. The fourth-order valence-electron chi connectivity index (χ4n) is 2.15. The Morgan fingerprint density at radius 2 is 1.65 bits per heavy atom. The van der Waals surface area contributed by atoms with E-state index in [0.717, 1.165) is 50.4 Å². The largest absolute Gasteiger partial charge is 0.416 e. The summed E-state index contributed by atoms with van der Waals surface area (Å²) in [5, 5.41) is 0. The summed E-state index contributed by atoms with van der Waals surface area (Å²) < 4.78 is 37.3. The Morgan fingerprint density at radius 1 is 1.05 bits per heavy atom. The molecule has 2 nitrogen and oxygen atoms in total. The van der Waals surface area contributed by atoms with E-state index in [1.54, 1.807) is 0 Å². The summed E-state index contributed by atoms with van der Waals surface area (Å²) in [6.07, 6.45) is -0.380. The highest BCUT2D eigenvalue weighted by atomic mass is 19.4. The quantitative estimate of drug-likeness (QED) is 0.842. The second kappa shape index (κ2) is 6.41. The molecule has 0 unspecified atom stereocenters. The molecule has 0 bridgehead atoms. The van der Waals surface area contributed by atoms with Gasteiger partial charge >= 0.3 is 6.18 Å². The Bertz CT molecular complexity index is 443. The first kappa shape index (κ1) is 15.1. The van der Waals surface area contributed by atoms with Crippen LogP contribution in [-0.4, -0.2) is 49.6 Å². The van der Waals surface area contributed by atoms with Gasteiger partial charge in [0.25, 0.3) is 0 Å². The van der Waals surface area contributed by atoms with Crippen LogP contribution >= 0.6 is 0 Å². The van der Waals surface area contributed by atoms with Gasteiger partial charge in [-0.05, 0) is 24.7 Å². The van der Waals surface area contributed by atoms with Gasteiger partial charge in [0.05, 0.1) is 5.56 Å². The molecule has 1 saturated heterocycles. The zero-order valence-corrected chi connectivity index (χ0v) is 11.5. The monoisotopic (exact) mass is 284 g/mol. The van der Waals surface area contributed by atoms with Crippen molar-refractivity contribution in [3.8, 4) is 0 Å². The minimum atomic E-state index is -4.26. The smallest absolute Gasteiger partial charge is 0.304 e. The van der Waals surface area contributed by atoms with Crippen LogP contribution in [0.3, 0.4) is 0 Å². The SMILES string of the molecule is CN1CCN(CC=Cc2ccc(C(F)(F)F)cc2)CC1. The van der Waals surface area contributed by atoms with Crippen molar-refractivity contribution in [2.75, 3.05) is 39.8 Å². The maximum absolute atomic E-state index is 12.4. The average molecular weight is 284 g/mol. The minimum Gasteiger partial charge on any atom is -0.304 e. The predicted octanol–water partition coefficient (Wildman–Crippen LogP) is 2.97. The molecule has 1 aliphatic rings. The molecule has 1 heterocycles. The van der Waals surface area contributed by atoms with Crippen LogP contribution in [0.25, 0.3) is 6.08 Å². The van der Waals surface area contributed by atoms with Gasteiger partial charge < -0.3 is 4.90 Å². The fraction of sp³-hybridized carbons (Fsp3) is 0.467. The average Bonchev–Trinajstić information content (AvgIpc) is 2.41.